The Balaban J connectivity index is 2.69. The Hall–Kier alpha value is -1.56. The summed E-state index contributed by atoms with van der Waals surface area (Å²) in [4.78, 5) is 25.3. The average molecular weight is 270 g/mol. The number of rotatable bonds is 3. The van der Waals surface area contributed by atoms with E-state index in [0.717, 1.165) is 0 Å². The van der Waals surface area contributed by atoms with Gasteiger partial charge in [0.2, 0.25) is 0 Å². The minimum Gasteiger partial charge on any atom is -0.458 e. The zero-order chi connectivity index (χ0) is 14.5. The van der Waals surface area contributed by atoms with E-state index in [1.165, 1.54) is 11.0 Å². The van der Waals surface area contributed by atoms with Gasteiger partial charge in [0.15, 0.2) is 0 Å². The summed E-state index contributed by atoms with van der Waals surface area (Å²) in [6.45, 7) is 10.4. The Bertz CT molecular complexity index is 349. The lowest BCUT2D eigenvalue weighted by Gasteiger charge is -2.35. The molecule has 0 spiro atoms. The largest absolute Gasteiger partial charge is 0.458 e. The molecule has 6 heteroatoms. The zero-order valence-corrected chi connectivity index (χ0v) is 11.8. The topological polar surface area (TPSA) is 67.9 Å². The highest BCUT2D eigenvalue weighted by Crippen LogP contribution is 2.13. The summed E-state index contributed by atoms with van der Waals surface area (Å²) in [7, 11) is 0. The van der Waals surface area contributed by atoms with Crippen molar-refractivity contribution in [1.29, 1.82) is 0 Å². The monoisotopic (exact) mass is 270 g/mol. The summed E-state index contributed by atoms with van der Waals surface area (Å²) in [6, 6.07) is -0.648. The van der Waals surface area contributed by atoms with E-state index in [2.05, 4.69) is 11.9 Å². The molecule has 19 heavy (non-hydrogen) atoms. The SMILES string of the molecule is C=CCOC(=O)N1CCNCC1C(=O)OC(C)(C)C. The Morgan fingerprint density at radius 3 is 2.74 bits per heavy atom. The van der Waals surface area contributed by atoms with Gasteiger partial charge in [0.05, 0.1) is 0 Å². The van der Waals surface area contributed by atoms with E-state index < -0.39 is 23.7 Å². The molecule has 0 aliphatic carbocycles. The number of hydrogen-bond donors (Lipinski definition) is 1. The van der Waals surface area contributed by atoms with Crippen LogP contribution in [0.2, 0.25) is 0 Å². The lowest BCUT2D eigenvalue weighted by Crippen LogP contribution is -2.58. The van der Waals surface area contributed by atoms with Crippen LogP contribution in [0.3, 0.4) is 0 Å². The van der Waals surface area contributed by atoms with Gasteiger partial charge in [0.1, 0.15) is 18.2 Å². The number of ether oxygens (including phenoxy) is 2. The summed E-state index contributed by atoms with van der Waals surface area (Å²) in [5.41, 5.74) is -0.578. The van der Waals surface area contributed by atoms with Crippen molar-refractivity contribution in [1.82, 2.24) is 10.2 Å². The lowest BCUT2D eigenvalue weighted by molar-refractivity contribution is -0.161. The van der Waals surface area contributed by atoms with Crippen molar-refractivity contribution in [3.05, 3.63) is 12.7 Å². The molecular weight excluding hydrogens is 248 g/mol. The van der Waals surface area contributed by atoms with Gasteiger partial charge in [-0.3, -0.25) is 4.90 Å². The summed E-state index contributed by atoms with van der Waals surface area (Å²) in [6.07, 6.45) is 0.972. The quantitative estimate of drug-likeness (QED) is 0.610. The number of hydrogen-bond acceptors (Lipinski definition) is 5. The van der Waals surface area contributed by atoms with Crippen LogP contribution in [0.25, 0.3) is 0 Å². The van der Waals surface area contributed by atoms with Gasteiger partial charge in [-0.25, -0.2) is 9.59 Å². The van der Waals surface area contributed by atoms with Crippen molar-refractivity contribution >= 4 is 12.1 Å². The van der Waals surface area contributed by atoms with Crippen LogP contribution in [0.1, 0.15) is 20.8 Å². The van der Waals surface area contributed by atoms with Gasteiger partial charge in [0.25, 0.3) is 0 Å². The van der Waals surface area contributed by atoms with Crippen molar-refractivity contribution in [2.24, 2.45) is 0 Å². The van der Waals surface area contributed by atoms with Crippen molar-refractivity contribution in [3.63, 3.8) is 0 Å². The van der Waals surface area contributed by atoms with Crippen LogP contribution < -0.4 is 5.32 Å². The normalized spacial score (nSPS) is 19.7. The van der Waals surface area contributed by atoms with Gasteiger partial charge in [-0.05, 0) is 20.8 Å². The van der Waals surface area contributed by atoms with Crippen LogP contribution >= 0.6 is 0 Å². The minimum atomic E-state index is -0.648. The fourth-order valence-electron chi connectivity index (χ4n) is 1.72. The smallest absolute Gasteiger partial charge is 0.410 e. The van der Waals surface area contributed by atoms with E-state index in [1.807, 2.05) is 0 Å². The summed E-state index contributed by atoms with van der Waals surface area (Å²) >= 11 is 0. The standard InChI is InChI=1S/C13H22N2O4/c1-5-8-18-12(17)15-7-6-14-9-10(15)11(16)19-13(2,3)4/h5,10,14H,1,6-9H2,2-4H3. The number of piperazine rings is 1. The van der Waals surface area contributed by atoms with Crippen molar-refractivity contribution in [2.45, 2.75) is 32.4 Å². The molecule has 0 saturated carbocycles. The maximum absolute atomic E-state index is 12.1. The van der Waals surface area contributed by atoms with Gasteiger partial charge in [-0.15, -0.1) is 0 Å². The molecule has 0 radical (unpaired) electrons. The predicted octanol–water partition coefficient (Wildman–Crippen LogP) is 0.924. The van der Waals surface area contributed by atoms with E-state index >= 15 is 0 Å². The first-order valence-corrected chi connectivity index (χ1v) is 6.33. The van der Waals surface area contributed by atoms with Crippen molar-refractivity contribution in [2.75, 3.05) is 26.2 Å². The summed E-state index contributed by atoms with van der Waals surface area (Å²) in [5.74, 6) is -0.421. The van der Waals surface area contributed by atoms with Gasteiger partial charge in [-0.1, -0.05) is 12.7 Å². The van der Waals surface area contributed by atoms with Crippen LogP contribution in [-0.2, 0) is 14.3 Å². The third kappa shape index (κ3) is 4.90. The number of amides is 1. The molecule has 1 N–H and O–H groups in total. The molecule has 0 aromatic heterocycles. The zero-order valence-electron chi connectivity index (χ0n) is 11.8. The summed E-state index contributed by atoms with van der Waals surface area (Å²) < 4.78 is 10.3. The molecule has 108 valence electrons. The van der Waals surface area contributed by atoms with Crippen LogP contribution in [0.15, 0.2) is 12.7 Å². The molecule has 0 aromatic rings. The third-order valence-corrected chi connectivity index (χ3v) is 2.48. The molecular formula is C13H22N2O4. The number of nitrogens with one attached hydrogen (secondary N) is 1. The highest BCUT2D eigenvalue weighted by molar-refractivity contribution is 5.82. The van der Waals surface area contributed by atoms with E-state index in [1.54, 1.807) is 20.8 Å². The lowest BCUT2D eigenvalue weighted by atomic mass is 10.1. The maximum Gasteiger partial charge on any atom is 0.410 e. The van der Waals surface area contributed by atoms with Crippen LogP contribution in [0.5, 0.6) is 0 Å². The number of nitrogens with zero attached hydrogens (tertiary/aromatic N) is 1. The molecule has 1 saturated heterocycles. The number of esters is 1. The minimum absolute atomic E-state index is 0.129. The second-order valence-electron chi connectivity index (χ2n) is 5.31. The Morgan fingerprint density at radius 2 is 2.16 bits per heavy atom. The van der Waals surface area contributed by atoms with Gasteiger partial charge in [-0.2, -0.15) is 0 Å². The fraction of sp³-hybridized carbons (Fsp3) is 0.692. The molecule has 1 rings (SSSR count). The molecule has 1 fully saturated rings. The van der Waals surface area contributed by atoms with Gasteiger partial charge < -0.3 is 14.8 Å². The van der Waals surface area contributed by atoms with Crippen molar-refractivity contribution in [3.8, 4) is 0 Å². The summed E-state index contributed by atoms with van der Waals surface area (Å²) in [5, 5.41) is 3.07. The van der Waals surface area contributed by atoms with E-state index in [-0.39, 0.29) is 6.61 Å². The molecule has 0 aromatic carbocycles. The molecule has 0 bridgehead atoms. The molecule has 1 aliphatic heterocycles. The fourth-order valence-corrected chi connectivity index (χ4v) is 1.72. The highest BCUT2D eigenvalue weighted by Gasteiger charge is 2.35. The van der Waals surface area contributed by atoms with E-state index in [9.17, 15) is 9.59 Å². The van der Waals surface area contributed by atoms with Crippen LogP contribution in [0, 0.1) is 0 Å². The average Bonchev–Trinajstić information content (AvgIpc) is 2.34. The molecule has 1 heterocycles. The predicted molar refractivity (Wildman–Crippen MR) is 70.8 cm³/mol. The second-order valence-corrected chi connectivity index (χ2v) is 5.31. The van der Waals surface area contributed by atoms with E-state index in [4.69, 9.17) is 9.47 Å². The molecule has 1 atom stereocenters. The Labute approximate surface area is 113 Å². The number of carbonyl (C=O) groups is 2. The first kappa shape index (κ1) is 15.5. The van der Waals surface area contributed by atoms with E-state index in [0.29, 0.717) is 19.6 Å². The first-order chi connectivity index (χ1) is 8.85. The molecule has 1 unspecified atom stereocenters. The maximum atomic E-state index is 12.1. The Kier molecular flexibility index (Phi) is 5.35. The van der Waals surface area contributed by atoms with Crippen LogP contribution in [-0.4, -0.2) is 54.8 Å². The third-order valence-electron chi connectivity index (χ3n) is 2.48. The molecule has 6 nitrogen and oxygen atoms in total. The Morgan fingerprint density at radius 1 is 1.47 bits per heavy atom. The first-order valence-electron chi connectivity index (χ1n) is 6.33. The van der Waals surface area contributed by atoms with Crippen LogP contribution in [0.4, 0.5) is 4.79 Å². The second kappa shape index (κ2) is 6.56. The number of carbonyl (C=O) groups excluding carboxylic acids is 2. The molecule has 1 amide bonds. The highest BCUT2D eigenvalue weighted by atomic mass is 16.6. The van der Waals surface area contributed by atoms with Crippen molar-refractivity contribution < 1.29 is 19.1 Å². The molecule has 1 aliphatic rings. The van der Waals surface area contributed by atoms with Gasteiger partial charge in [0, 0.05) is 19.6 Å². The van der Waals surface area contributed by atoms with Gasteiger partial charge >= 0.3 is 12.1 Å².